The molecule has 4 heterocycles. The summed E-state index contributed by atoms with van der Waals surface area (Å²) in [5.74, 6) is 0. The fourth-order valence-corrected chi connectivity index (χ4v) is 4.39. The lowest BCUT2D eigenvalue weighted by Crippen LogP contribution is -2.43. The van der Waals surface area contributed by atoms with E-state index >= 15 is 0 Å². The predicted molar refractivity (Wildman–Crippen MR) is 125 cm³/mol. The van der Waals surface area contributed by atoms with Crippen molar-refractivity contribution >= 4 is 27.7 Å². The van der Waals surface area contributed by atoms with Gasteiger partial charge in [0.1, 0.15) is 11.8 Å². The number of benzene rings is 2. The van der Waals surface area contributed by atoms with E-state index in [1.54, 1.807) is 6.26 Å². The Hall–Kier alpha value is -3.70. The van der Waals surface area contributed by atoms with Gasteiger partial charge in [-0.15, -0.1) is 0 Å². The molecule has 1 saturated heterocycles. The van der Waals surface area contributed by atoms with Gasteiger partial charge in [-0.2, -0.15) is 0 Å². The van der Waals surface area contributed by atoms with Crippen LogP contribution in [0.1, 0.15) is 0 Å². The van der Waals surface area contributed by atoms with E-state index in [0.717, 1.165) is 70.4 Å². The molecule has 5 aromatic rings. The minimum atomic E-state index is 0.791. The van der Waals surface area contributed by atoms with Crippen LogP contribution in [0.2, 0.25) is 0 Å². The minimum absolute atomic E-state index is 0.791. The van der Waals surface area contributed by atoms with E-state index in [2.05, 4.69) is 57.7 Å². The van der Waals surface area contributed by atoms with Crippen molar-refractivity contribution in [3.63, 3.8) is 0 Å². The first kappa shape index (κ1) is 18.1. The Morgan fingerprint density at radius 2 is 1.71 bits per heavy atom. The molecule has 0 unspecified atom stereocenters. The zero-order chi connectivity index (χ0) is 20.6. The molecule has 0 atom stereocenters. The summed E-state index contributed by atoms with van der Waals surface area (Å²) in [4.78, 5) is 11.7. The number of fused-ring (bicyclic) bond motifs is 2. The molecule has 6 rings (SSSR count). The van der Waals surface area contributed by atoms with Crippen molar-refractivity contribution in [2.45, 2.75) is 0 Å². The van der Waals surface area contributed by atoms with Gasteiger partial charge in [0.05, 0.1) is 5.52 Å². The fraction of sp³-hybridized carbons (Fsp3) is 0.154. The summed E-state index contributed by atoms with van der Waals surface area (Å²) in [5, 5.41) is 4.50. The first-order chi connectivity index (χ1) is 15.4. The standard InChI is InChI=1S/C26H22N4O/c1-3-21(22-4-2-10-28-24(22)5-1)23-17-31-25-15-19(16-29-26(23)25)18-6-8-20(9-7-18)30-13-11-27-12-14-30/h1-10,15-17,27H,11-14H2. The maximum atomic E-state index is 5.94. The molecular formula is C26H22N4O. The number of anilines is 1. The van der Waals surface area contributed by atoms with Gasteiger partial charge in [0.25, 0.3) is 0 Å². The zero-order valence-corrected chi connectivity index (χ0v) is 17.1. The predicted octanol–water partition coefficient (Wildman–Crippen LogP) is 5.12. The Labute approximate surface area is 180 Å². The lowest BCUT2D eigenvalue weighted by atomic mass is 10.0. The van der Waals surface area contributed by atoms with Crippen molar-refractivity contribution < 1.29 is 4.42 Å². The Bertz CT molecular complexity index is 1360. The van der Waals surface area contributed by atoms with Gasteiger partial charge in [0, 0.05) is 60.8 Å². The molecule has 1 fully saturated rings. The van der Waals surface area contributed by atoms with Crippen LogP contribution in [0.15, 0.2) is 83.7 Å². The number of hydrogen-bond acceptors (Lipinski definition) is 5. The van der Waals surface area contributed by atoms with Crippen molar-refractivity contribution in [1.29, 1.82) is 0 Å². The van der Waals surface area contributed by atoms with Crippen LogP contribution in [0.4, 0.5) is 5.69 Å². The molecule has 1 N–H and O–H groups in total. The molecule has 1 aliphatic heterocycles. The molecule has 152 valence electrons. The largest absolute Gasteiger partial charge is 0.462 e. The normalized spacial score (nSPS) is 14.4. The van der Waals surface area contributed by atoms with Gasteiger partial charge >= 0.3 is 0 Å². The van der Waals surface area contributed by atoms with Gasteiger partial charge in [0.15, 0.2) is 5.58 Å². The maximum Gasteiger partial charge on any atom is 0.153 e. The van der Waals surface area contributed by atoms with E-state index in [1.807, 2.05) is 30.6 Å². The molecule has 0 aliphatic carbocycles. The van der Waals surface area contributed by atoms with Crippen LogP contribution in [0.5, 0.6) is 0 Å². The Kier molecular flexibility index (Phi) is 4.39. The highest BCUT2D eigenvalue weighted by molar-refractivity contribution is 6.02. The molecule has 0 amide bonds. The topological polar surface area (TPSA) is 54.2 Å². The second-order valence-electron chi connectivity index (χ2n) is 7.88. The van der Waals surface area contributed by atoms with E-state index < -0.39 is 0 Å². The summed E-state index contributed by atoms with van der Waals surface area (Å²) in [7, 11) is 0. The smallest absolute Gasteiger partial charge is 0.153 e. The summed E-state index contributed by atoms with van der Waals surface area (Å²) < 4.78 is 5.94. The summed E-state index contributed by atoms with van der Waals surface area (Å²) in [6.45, 7) is 4.17. The van der Waals surface area contributed by atoms with Crippen LogP contribution < -0.4 is 10.2 Å². The van der Waals surface area contributed by atoms with E-state index in [9.17, 15) is 0 Å². The van der Waals surface area contributed by atoms with Crippen LogP contribution in [-0.4, -0.2) is 36.1 Å². The number of nitrogens with zero attached hydrogens (tertiary/aromatic N) is 3. The highest BCUT2D eigenvalue weighted by atomic mass is 16.3. The average molecular weight is 406 g/mol. The Morgan fingerprint density at radius 3 is 2.58 bits per heavy atom. The number of furan rings is 1. The second-order valence-corrected chi connectivity index (χ2v) is 7.88. The van der Waals surface area contributed by atoms with Crippen LogP contribution >= 0.6 is 0 Å². The van der Waals surface area contributed by atoms with Gasteiger partial charge in [0.2, 0.25) is 0 Å². The molecule has 31 heavy (non-hydrogen) atoms. The minimum Gasteiger partial charge on any atom is -0.462 e. The Balaban J connectivity index is 1.36. The molecule has 0 radical (unpaired) electrons. The van der Waals surface area contributed by atoms with E-state index in [1.165, 1.54) is 5.69 Å². The molecule has 0 spiro atoms. The van der Waals surface area contributed by atoms with Crippen LogP contribution in [0, 0.1) is 0 Å². The molecule has 5 heteroatoms. The lowest BCUT2D eigenvalue weighted by Gasteiger charge is -2.29. The zero-order valence-electron chi connectivity index (χ0n) is 17.1. The molecule has 0 saturated carbocycles. The first-order valence-corrected chi connectivity index (χ1v) is 10.6. The SMILES string of the molecule is c1cc(-c2coc3cc(-c4ccc(N5CCNCC5)cc4)cnc23)c2cccnc2c1. The van der Waals surface area contributed by atoms with Crippen LogP contribution in [0.25, 0.3) is 44.3 Å². The third-order valence-corrected chi connectivity index (χ3v) is 6.03. The van der Waals surface area contributed by atoms with Crippen molar-refractivity contribution in [3.8, 4) is 22.3 Å². The molecule has 2 aromatic carbocycles. The van der Waals surface area contributed by atoms with Gasteiger partial charge in [-0.1, -0.05) is 30.3 Å². The van der Waals surface area contributed by atoms with Crippen molar-refractivity contribution in [2.24, 2.45) is 0 Å². The monoisotopic (exact) mass is 406 g/mol. The number of piperazine rings is 1. The number of aromatic nitrogens is 2. The quantitative estimate of drug-likeness (QED) is 0.451. The first-order valence-electron chi connectivity index (χ1n) is 10.6. The summed E-state index contributed by atoms with van der Waals surface area (Å²) in [6, 6.07) is 21.0. The highest BCUT2D eigenvalue weighted by Gasteiger charge is 2.14. The Morgan fingerprint density at radius 1 is 0.839 bits per heavy atom. The fourth-order valence-electron chi connectivity index (χ4n) is 4.39. The third kappa shape index (κ3) is 3.23. The van der Waals surface area contributed by atoms with Gasteiger partial charge in [-0.05, 0) is 41.5 Å². The lowest BCUT2D eigenvalue weighted by molar-refractivity contribution is 0.589. The number of pyridine rings is 2. The molecule has 5 nitrogen and oxygen atoms in total. The van der Waals surface area contributed by atoms with Gasteiger partial charge < -0.3 is 14.6 Å². The number of hydrogen-bond donors (Lipinski definition) is 1. The third-order valence-electron chi connectivity index (χ3n) is 6.03. The number of rotatable bonds is 3. The summed E-state index contributed by atoms with van der Waals surface area (Å²) in [6.07, 6.45) is 5.55. The van der Waals surface area contributed by atoms with E-state index in [4.69, 9.17) is 9.40 Å². The van der Waals surface area contributed by atoms with Crippen molar-refractivity contribution in [1.82, 2.24) is 15.3 Å². The van der Waals surface area contributed by atoms with E-state index in [-0.39, 0.29) is 0 Å². The van der Waals surface area contributed by atoms with Crippen molar-refractivity contribution in [3.05, 3.63) is 79.3 Å². The highest BCUT2D eigenvalue weighted by Crippen LogP contribution is 2.35. The van der Waals surface area contributed by atoms with Gasteiger partial charge in [-0.25, -0.2) is 0 Å². The molecule has 1 aliphatic rings. The summed E-state index contributed by atoms with van der Waals surface area (Å²) >= 11 is 0. The van der Waals surface area contributed by atoms with Gasteiger partial charge in [-0.3, -0.25) is 9.97 Å². The maximum absolute atomic E-state index is 5.94. The second kappa shape index (κ2) is 7.52. The average Bonchev–Trinajstić information content (AvgIpc) is 3.27. The number of nitrogens with one attached hydrogen (secondary N) is 1. The molecule has 0 bridgehead atoms. The molecule has 3 aromatic heterocycles. The van der Waals surface area contributed by atoms with Crippen LogP contribution in [-0.2, 0) is 0 Å². The van der Waals surface area contributed by atoms with Crippen molar-refractivity contribution in [2.75, 3.05) is 31.1 Å². The molecular weight excluding hydrogens is 384 g/mol. The van der Waals surface area contributed by atoms with E-state index in [0.29, 0.717) is 0 Å². The summed E-state index contributed by atoms with van der Waals surface area (Å²) in [5.41, 5.74) is 8.18. The van der Waals surface area contributed by atoms with Crippen LogP contribution in [0.3, 0.4) is 0 Å².